The van der Waals surface area contributed by atoms with Gasteiger partial charge in [-0.3, -0.25) is 14.9 Å². The summed E-state index contributed by atoms with van der Waals surface area (Å²) in [5, 5.41) is 10.1. The summed E-state index contributed by atoms with van der Waals surface area (Å²) >= 11 is 0.561. The van der Waals surface area contributed by atoms with Gasteiger partial charge in [0.05, 0.1) is 29.7 Å². The lowest BCUT2D eigenvalue weighted by Gasteiger charge is -2.26. The molecule has 0 aliphatic carbocycles. The molecule has 0 radical (unpaired) electrons. The van der Waals surface area contributed by atoms with E-state index in [2.05, 4.69) is 20.5 Å². The topological polar surface area (TPSA) is 97.4 Å². The third kappa shape index (κ3) is 4.02. The average molecular weight is 465 g/mol. The Hall–Kier alpha value is -3.48. The second kappa shape index (κ2) is 8.22. The van der Waals surface area contributed by atoms with Crippen LogP contribution in [0.2, 0.25) is 0 Å². The Morgan fingerprint density at radius 3 is 2.78 bits per heavy atom. The summed E-state index contributed by atoms with van der Waals surface area (Å²) in [4.78, 5) is 29.8. The van der Waals surface area contributed by atoms with E-state index in [1.807, 2.05) is 13.0 Å². The van der Waals surface area contributed by atoms with E-state index in [4.69, 9.17) is 0 Å². The van der Waals surface area contributed by atoms with Crippen LogP contribution >= 0.6 is 11.3 Å². The fourth-order valence-corrected chi connectivity index (χ4v) is 4.34. The molecule has 13 heteroatoms. The van der Waals surface area contributed by atoms with Gasteiger partial charge in [-0.15, -0.1) is 16.4 Å². The third-order valence-corrected chi connectivity index (χ3v) is 6.15. The first kappa shape index (κ1) is 21.7. The Morgan fingerprint density at radius 2 is 2.12 bits per heavy atom. The van der Waals surface area contributed by atoms with Gasteiger partial charge in [-0.05, 0) is 26.0 Å². The van der Waals surface area contributed by atoms with Crippen LogP contribution in [0.25, 0.3) is 0 Å². The van der Waals surface area contributed by atoms with E-state index in [1.54, 1.807) is 23.9 Å². The number of carbonyl (C=O) groups is 2. The highest BCUT2D eigenvalue weighted by atomic mass is 32.1. The van der Waals surface area contributed by atoms with Gasteiger partial charge >= 0.3 is 6.18 Å². The Bertz CT molecular complexity index is 1210. The van der Waals surface area contributed by atoms with Crippen LogP contribution in [0.15, 0.2) is 29.6 Å². The minimum atomic E-state index is -4.51. The van der Waals surface area contributed by atoms with E-state index in [1.165, 1.54) is 15.8 Å². The van der Waals surface area contributed by atoms with Gasteiger partial charge in [0.2, 0.25) is 12.4 Å². The summed E-state index contributed by atoms with van der Waals surface area (Å²) in [5.41, 5.74) is 1.89. The zero-order valence-electron chi connectivity index (χ0n) is 17.0. The number of halogens is 3. The summed E-state index contributed by atoms with van der Waals surface area (Å²) in [5.74, 6) is -0.280. The van der Waals surface area contributed by atoms with Crippen LogP contribution in [0, 0.1) is 13.8 Å². The molecule has 1 aliphatic heterocycles. The zero-order valence-corrected chi connectivity index (χ0v) is 17.9. The molecule has 0 saturated carbocycles. The fourth-order valence-electron chi connectivity index (χ4n) is 3.35. The van der Waals surface area contributed by atoms with Crippen molar-refractivity contribution >= 4 is 29.6 Å². The summed E-state index contributed by atoms with van der Waals surface area (Å²) in [6, 6.07) is 3.62. The Balaban J connectivity index is 1.59. The van der Waals surface area contributed by atoms with Crippen molar-refractivity contribution in [1.29, 1.82) is 0 Å². The van der Waals surface area contributed by atoms with E-state index < -0.39 is 11.2 Å². The molecule has 0 aromatic carbocycles. The van der Waals surface area contributed by atoms with Crippen molar-refractivity contribution in [1.82, 2.24) is 29.7 Å². The summed E-state index contributed by atoms with van der Waals surface area (Å²) in [7, 11) is 0. The first-order valence-electron chi connectivity index (χ1n) is 9.52. The van der Waals surface area contributed by atoms with Crippen molar-refractivity contribution in [3.63, 3.8) is 0 Å². The first-order valence-corrected chi connectivity index (χ1v) is 10.3. The number of amides is 2. The van der Waals surface area contributed by atoms with Gasteiger partial charge in [0.15, 0.2) is 5.01 Å². The number of carbonyl (C=O) groups excluding carboxylic acids is 2. The average Bonchev–Trinajstić information content (AvgIpc) is 3.45. The molecule has 3 aromatic heterocycles. The van der Waals surface area contributed by atoms with E-state index >= 15 is 0 Å². The van der Waals surface area contributed by atoms with Crippen molar-refractivity contribution in [2.45, 2.75) is 33.0 Å². The van der Waals surface area contributed by atoms with Gasteiger partial charge in [-0.25, -0.2) is 14.3 Å². The molecule has 0 bridgehead atoms. The van der Waals surface area contributed by atoms with E-state index in [0.717, 1.165) is 5.69 Å². The summed E-state index contributed by atoms with van der Waals surface area (Å²) in [6.07, 6.45) is -0.761. The van der Waals surface area contributed by atoms with Crippen LogP contribution < -0.4 is 5.32 Å². The molecule has 4 heterocycles. The molecule has 0 saturated heterocycles. The van der Waals surface area contributed by atoms with Crippen molar-refractivity contribution < 1.29 is 22.8 Å². The summed E-state index contributed by atoms with van der Waals surface area (Å²) < 4.78 is 41.8. The lowest BCUT2D eigenvalue weighted by molar-refractivity contribution is -0.137. The van der Waals surface area contributed by atoms with Crippen molar-refractivity contribution in [3.8, 4) is 0 Å². The number of thiazole rings is 1. The molecule has 0 fully saturated rings. The molecule has 1 aliphatic rings. The first-order chi connectivity index (χ1) is 15.2. The van der Waals surface area contributed by atoms with Crippen LogP contribution in [0.1, 0.15) is 37.3 Å². The molecule has 1 N–H and O–H groups in total. The Labute approximate surface area is 184 Å². The smallest absolute Gasteiger partial charge is 0.333 e. The molecule has 0 unspecified atom stereocenters. The van der Waals surface area contributed by atoms with Crippen LogP contribution in [-0.2, 0) is 23.9 Å². The third-order valence-electron chi connectivity index (χ3n) is 5.02. The maximum absolute atomic E-state index is 13.1. The molecular formula is C19H18F3N7O2S. The zero-order chi connectivity index (χ0) is 23.0. The number of hydrogen-bond donors (Lipinski definition) is 1. The minimum absolute atomic E-state index is 0.0443. The normalized spacial score (nSPS) is 14.4. The van der Waals surface area contributed by atoms with Crippen molar-refractivity contribution in [2.75, 3.05) is 6.54 Å². The second-order valence-electron chi connectivity index (χ2n) is 7.10. The maximum Gasteiger partial charge on any atom is 0.443 e. The quantitative estimate of drug-likeness (QED) is 0.365. The van der Waals surface area contributed by atoms with E-state index in [0.29, 0.717) is 34.0 Å². The molecule has 9 nitrogen and oxygen atoms in total. The second-order valence-corrected chi connectivity index (χ2v) is 8.18. The van der Waals surface area contributed by atoms with Crippen molar-refractivity contribution in [2.24, 2.45) is 5.10 Å². The number of hydrogen-bond acceptors (Lipinski definition) is 6. The SMILES string of the molecule is Cc1cccn1/N=C(\NC=O)n1ncc(C(=O)N2CCc3nc(C(F)(F)F)sc3C2)c1C. The number of nitrogens with zero attached hydrogens (tertiary/aromatic N) is 6. The molecule has 168 valence electrons. The van der Waals surface area contributed by atoms with Gasteiger partial charge in [-0.1, -0.05) is 0 Å². The number of aryl methyl sites for hydroxylation is 1. The van der Waals surface area contributed by atoms with Gasteiger partial charge in [0.25, 0.3) is 5.91 Å². The number of fused-ring (bicyclic) bond motifs is 1. The molecule has 32 heavy (non-hydrogen) atoms. The van der Waals surface area contributed by atoms with Gasteiger partial charge < -0.3 is 4.90 Å². The Morgan fingerprint density at radius 1 is 1.34 bits per heavy atom. The van der Waals surface area contributed by atoms with Crippen LogP contribution in [0.4, 0.5) is 13.2 Å². The number of nitrogens with one attached hydrogen (secondary N) is 1. The maximum atomic E-state index is 13.1. The highest BCUT2D eigenvalue weighted by Gasteiger charge is 2.37. The molecular weight excluding hydrogens is 447 g/mol. The van der Waals surface area contributed by atoms with Gasteiger partial charge in [0.1, 0.15) is 0 Å². The fraction of sp³-hybridized carbons (Fsp3) is 0.316. The lowest BCUT2D eigenvalue weighted by atomic mass is 10.1. The monoisotopic (exact) mass is 465 g/mol. The molecule has 2 amide bonds. The van der Waals surface area contributed by atoms with Crippen LogP contribution in [0.3, 0.4) is 0 Å². The largest absolute Gasteiger partial charge is 0.443 e. The highest BCUT2D eigenvalue weighted by Crippen LogP contribution is 2.36. The van der Waals surface area contributed by atoms with Gasteiger partial charge in [0, 0.05) is 29.7 Å². The minimum Gasteiger partial charge on any atom is -0.333 e. The van der Waals surface area contributed by atoms with Crippen molar-refractivity contribution in [3.05, 3.63) is 57.1 Å². The number of aromatic nitrogens is 4. The standard InChI is InChI=1S/C19H18F3N7O2S/c1-11-4-3-6-28(11)26-18(23-10-30)29-12(2)13(8-24-29)16(31)27-7-5-14-15(9-27)32-17(25-14)19(20,21)22/h3-4,6,8,10H,5,7,9H2,1-2H3,(H,23,26,30). The predicted octanol–water partition coefficient (Wildman–Crippen LogP) is 2.39. The molecule has 4 rings (SSSR count). The molecule has 0 spiro atoms. The van der Waals surface area contributed by atoms with Gasteiger partial charge in [-0.2, -0.15) is 18.3 Å². The molecule has 3 aromatic rings. The number of alkyl halides is 3. The van der Waals surface area contributed by atoms with Crippen LogP contribution in [0.5, 0.6) is 0 Å². The Kier molecular flexibility index (Phi) is 5.59. The summed E-state index contributed by atoms with van der Waals surface area (Å²) in [6.45, 7) is 3.77. The molecule has 0 atom stereocenters. The predicted molar refractivity (Wildman–Crippen MR) is 109 cm³/mol. The van der Waals surface area contributed by atoms with E-state index in [9.17, 15) is 22.8 Å². The highest BCUT2D eigenvalue weighted by molar-refractivity contribution is 7.11. The van der Waals surface area contributed by atoms with E-state index in [-0.39, 0.29) is 36.9 Å². The van der Waals surface area contributed by atoms with Crippen LogP contribution in [-0.4, -0.2) is 49.2 Å². The lowest BCUT2D eigenvalue weighted by Crippen LogP contribution is -2.36. The number of rotatable bonds is 3.